The zero-order chi connectivity index (χ0) is 19.5. The van der Waals surface area contributed by atoms with Crippen molar-refractivity contribution in [3.63, 3.8) is 0 Å². The van der Waals surface area contributed by atoms with Gasteiger partial charge < -0.3 is 14.5 Å². The van der Waals surface area contributed by atoms with Crippen molar-refractivity contribution in [3.8, 4) is 5.75 Å². The standard InChI is InChI=1S/C22H15F2NO3/c23-16-6-9-19(24)20(12-16)25-22(26)21-10-8-18(28-21)13-27-17-7-5-14-3-1-2-4-15(14)11-17/h1-12H,13H2,(H,25,26). The number of rotatable bonds is 5. The van der Waals surface area contributed by atoms with E-state index in [1.165, 1.54) is 6.07 Å². The molecule has 0 atom stereocenters. The summed E-state index contributed by atoms with van der Waals surface area (Å²) >= 11 is 0. The minimum absolute atomic E-state index is 0.0271. The third kappa shape index (κ3) is 3.86. The molecule has 0 aliphatic heterocycles. The molecule has 0 fully saturated rings. The second-order valence-corrected chi connectivity index (χ2v) is 6.14. The fraction of sp³-hybridized carbons (Fsp3) is 0.0455. The third-order valence-electron chi connectivity index (χ3n) is 4.16. The SMILES string of the molecule is O=C(Nc1cc(F)ccc1F)c1ccc(COc2ccc3ccccc3c2)o1. The van der Waals surface area contributed by atoms with Crippen LogP contribution in [-0.2, 0) is 6.61 Å². The van der Waals surface area contributed by atoms with Crippen molar-refractivity contribution in [2.45, 2.75) is 6.61 Å². The molecule has 140 valence electrons. The normalized spacial score (nSPS) is 10.8. The molecular formula is C22H15F2NO3. The van der Waals surface area contributed by atoms with Crippen LogP contribution < -0.4 is 10.1 Å². The highest BCUT2D eigenvalue weighted by atomic mass is 19.1. The second kappa shape index (κ2) is 7.52. The maximum absolute atomic E-state index is 13.6. The van der Waals surface area contributed by atoms with E-state index in [2.05, 4.69) is 5.32 Å². The number of halogens is 2. The molecule has 1 N–H and O–H groups in total. The second-order valence-electron chi connectivity index (χ2n) is 6.14. The Hall–Kier alpha value is -3.67. The van der Waals surface area contributed by atoms with E-state index in [1.807, 2.05) is 42.5 Å². The van der Waals surface area contributed by atoms with E-state index < -0.39 is 17.5 Å². The Morgan fingerprint density at radius 2 is 1.75 bits per heavy atom. The first-order valence-electron chi connectivity index (χ1n) is 8.55. The fourth-order valence-corrected chi connectivity index (χ4v) is 2.77. The number of anilines is 1. The van der Waals surface area contributed by atoms with E-state index in [0.29, 0.717) is 11.5 Å². The van der Waals surface area contributed by atoms with Gasteiger partial charge in [-0.05, 0) is 47.2 Å². The lowest BCUT2D eigenvalue weighted by Crippen LogP contribution is -2.12. The lowest BCUT2D eigenvalue weighted by atomic mass is 10.1. The number of nitrogens with one attached hydrogen (secondary N) is 1. The molecule has 0 bridgehead atoms. The summed E-state index contributed by atoms with van der Waals surface area (Å²) in [7, 11) is 0. The summed E-state index contributed by atoms with van der Waals surface area (Å²) in [6.45, 7) is 0.125. The van der Waals surface area contributed by atoms with Crippen LogP contribution in [0.15, 0.2) is 77.2 Å². The quantitative estimate of drug-likeness (QED) is 0.495. The Labute approximate surface area is 159 Å². The zero-order valence-electron chi connectivity index (χ0n) is 14.6. The van der Waals surface area contributed by atoms with Gasteiger partial charge in [0.15, 0.2) is 5.76 Å². The van der Waals surface area contributed by atoms with Crippen LogP contribution in [0.2, 0.25) is 0 Å². The van der Waals surface area contributed by atoms with Crippen LogP contribution in [0.5, 0.6) is 5.75 Å². The van der Waals surface area contributed by atoms with Crippen LogP contribution in [0.4, 0.5) is 14.5 Å². The number of furan rings is 1. The number of ether oxygens (including phenoxy) is 1. The third-order valence-corrected chi connectivity index (χ3v) is 4.16. The molecule has 0 spiro atoms. The molecule has 0 saturated carbocycles. The van der Waals surface area contributed by atoms with Crippen molar-refractivity contribution in [3.05, 3.63) is 96.0 Å². The number of benzene rings is 3. The molecule has 1 amide bonds. The Bertz CT molecular complexity index is 1150. The predicted molar refractivity (Wildman–Crippen MR) is 101 cm³/mol. The largest absolute Gasteiger partial charge is 0.486 e. The lowest BCUT2D eigenvalue weighted by molar-refractivity contribution is 0.0992. The average molecular weight is 379 g/mol. The molecule has 4 aromatic rings. The molecule has 1 aromatic heterocycles. The lowest BCUT2D eigenvalue weighted by Gasteiger charge is -2.06. The summed E-state index contributed by atoms with van der Waals surface area (Å²) in [4.78, 5) is 12.2. The van der Waals surface area contributed by atoms with E-state index in [0.717, 1.165) is 29.0 Å². The van der Waals surface area contributed by atoms with Crippen LogP contribution in [-0.4, -0.2) is 5.91 Å². The molecule has 1 heterocycles. The van der Waals surface area contributed by atoms with Crippen LogP contribution in [0.25, 0.3) is 10.8 Å². The summed E-state index contributed by atoms with van der Waals surface area (Å²) in [6, 6.07) is 19.5. The number of carbonyl (C=O) groups excluding carboxylic acids is 1. The maximum atomic E-state index is 13.6. The molecule has 0 aliphatic carbocycles. The van der Waals surface area contributed by atoms with Crippen LogP contribution in [0.3, 0.4) is 0 Å². The monoisotopic (exact) mass is 379 g/mol. The minimum atomic E-state index is -0.735. The van der Waals surface area contributed by atoms with Gasteiger partial charge in [0.25, 0.3) is 5.91 Å². The first kappa shape index (κ1) is 17.7. The van der Waals surface area contributed by atoms with Gasteiger partial charge in [0.2, 0.25) is 0 Å². The van der Waals surface area contributed by atoms with Crippen molar-refractivity contribution in [1.29, 1.82) is 0 Å². The molecule has 4 nitrogen and oxygen atoms in total. The van der Waals surface area contributed by atoms with Crippen molar-refractivity contribution in [2.75, 3.05) is 5.32 Å². The molecular weight excluding hydrogens is 364 g/mol. The average Bonchev–Trinajstić information content (AvgIpc) is 3.18. The van der Waals surface area contributed by atoms with Gasteiger partial charge in [-0.3, -0.25) is 4.79 Å². The number of hydrogen-bond acceptors (Lipinski definition) is 3. The Balaban J connectivity index is 1.42. The molecule has 4 rings (SSSR count). The molecule has 28 heavy (non-hydrogen) atoms. The van der Waals surface area contributed by atoms with Gasteiger partial charge in [-0.1, -0.05) is 30.3 Å². The van der Waals surface area contributed by atoms with Crippen LogP contribution >= 0.6 is 0 Å². The van der Waals surface area contributed by atoms with E-state index in [9.17, 15) is 13.6 Å². The van der Waals surface area contributed by atoms with E-state index in [4.69, 9.17) is 9.15 Å². The first-order chi connectivity index (χ1) is 13.6. The maximum Gasteiger partial charge on any atom is 0.291 e. The highest BCUT2D eigenvalue weighted by Crippen LogP contribution is 2.22. The van der Waals surface area contributed by atoms with Crippen LogP contribution in [0.1, 0.15) is 16.3 Å². The van der Waals surface area contributed by atoms with Crippen molar-refractivity contribution in [2.24, 2.45) is 0 Å². The summed E-state index contributed by atoms with van der Waals surface area (Å²) in [5, 5.41) is 4.45. The number of amides is 1. The molecule has 3 aromatic carbocycles. The van der Waals surface area contributed by atoms with Crippen LogP contribution in [0, 0.1) is 11.6 Å². The minimum Gasteiger partial charge on any atom is -0.486 e. The van der Waals surface area contributed by atoms with Gasteiger partial charge in [-0.25, -0.2) is 8.78 Å². The van der Waals surface area contributed by atoms with Gasteiger partial charge >= 0.3 is 0 Å². The van der Waals surface area contributed by atoms with Gasteiger partial charge in [0.05, 0.1) is 5.69 Å². The van der Waals surface area contributed by atoms with E-state index in [1.54, 1.807) is 6.07 Å². The number of fused-ring (bicyclic) bond motifs is 1. The number of carbonyl (C=O) groups is 1. The van der Waals surface area contributed by atoms with E-state index in [-0.39, 0.29) is 18.1 Å². The Kier molecular flexibility index (Phi) is 4.76. The fourth-order valence-electron chi connectivity index (χ4n) is 2.77. The smallest absolute Gasteiger partial charge is 0.291 e. The molecule has 0 aliphatic rings. The molecule has 6 heteroatoms. The summed E-state index contributed by atoms with van der Waals surface area (Å²) in [6.07, 6.45) is 0. The van der Waals surface area contributed by atoms with Gasteiger partial charge in [-0.2, -0.15) is 0 Å². The summed E-state index contributed by atoms with van der Waals surface area (Å²) in [5.41, 5.74) is -0.254. The van der Waals surface area contributed by atoms with Gasteiger partial charge in [-0.15, -0.1) is 0 Å². The van der Waals surface area contributed by atoms with Crippen molar-refractivity contribution >= 4 is 22.4 Å². The highest BCUT2D eigenvalue weighted by Gasteiger charge is 2.14. The molecule has 0 saturated heterocycles. The first-order valence-corrected chi connectivity index (χ1v) is 8.55. The summed E-state index contributed by atoms with van der Waals surface area (Å²) in [5.74, 6) is -0.995. The topological polar surface area (TPSA) is 51.5 Å². The zero-order valence-corrected chi connectivity index (χ0v) is 14.6. The Morgan fingerprint density at radius 1 is 0.929 bits per heavy atom. The summed E-state index contributed by atoms with van der Waals surface area (Å²) < 4.78 is 38.0. The highest BCUT2D eigenvalue weighted by molar-refractivity contribution is 6.02. The molecule has 0 radical (unpaired) electrons. The van der Waals surface area contributed by atoms with E-state index >= 15 is 0 Å². The van der Waals surface area contributed by atoms with Gasteiger partial charge in [0, 0.05) is 6.07 Å². The molecule has 0 unspecified atom stereocenters. The predicted octanol–water partition coefficient (Wildman–Crippen LogP) is 5.54. The number of hydrogen-bond donors (Lipinski definition) is 1. The Morgan fingerprint density at radius 3 is 2.61 bits per heavy atom. The van der Waals surface area contributed by atoms with Gasteiger partial charge in [0.1, 0.15) is 29.8 Å². The van der Waals surface area contributed by atoms with Crippen molar-refractivity contribution in [1.82, 2.24) is 0 Å². The van der Waals surface area contributed by atoms with Crippen molar-refractivity contribution < 1.29 is 22.7 Å².